The minimum absolute atomic E-state index is 0.0391. The van der Waals surface area contributed by atoms with E-state index in [1.54, 1.807) is 24.3 Å². The van der Waals surface area contributed by atoms with E-state index in [-0.39, 0.29) is 6.61 Å². The normalized spacial score (nSPS) is 10.8. The highest BCUT2D eigenvalue weighted by atomic mass is 16.5. The maximum Gasteiger partial charge on any atom is 0.338 e. The molecule has 118 valence electrons. The molecule has 0 fully saturated rings. The lowest BCUT2D eigenvalue weighted by molar-refractivity contribution is 0.0440. The van der Waals surface area contributed by atoms with Crippen molar-refractivity contribution in [2.45, 2.75) is 6.61 Å². The highest BCUT2D eigenvalue weighted by molar-refractivity contribution is 5.90. The predicted octanol–water partition coefficient (Wildman–Crippen LogP) is 2.16. The number of esters is 1. The van der Waals surface area contributed by atoms with Crippen molar-refractivity contribution < 1.29 is 13.9 Å². The third-order valence-electron chi connectivity index (χ3n) is 3.36. The average molecular weight is 321 g/mol. The molecule has 8 nitrogen and oxygen atoms in total. The maximum atomic E-state index is 12.2. The van der Waals surface area contributed by atoms with E-state index in [1.165, 1.54) is 11.0 Å². The van der Waals surface area contributed by atoms with Crippen LogP contribution in [0.2, 0.25) is 0 Å². The number of carbonyl (C=O) groups excluding carboxylic acids is 1. The van der Waals surface area contributed by atoms with Crippen molar-refractivity contribution in [2.24, 2.45) is 0 Å². The number of hydrogen-bond acceptors (Lipinski definition) is 7. The van der Waals surface area contributed by atoms with Gasteiger partial charge in [0.25, 0.3) is 0 Å². The molecule has 4 rings (SSSR count). The molecule has 24 heavy (non-hydrogen) atoms. The van der Waals surface area contributed by atoms with Gasteiger partial charge < -0.3 is 9.15 Å². The Bertz CT molecular complexity index is 961. The number of tetrazole rings is 1. The van der Waals surface area contributed by atoms with E-state index in [0.29, 0.717) is 22.7 Å². The first-order chi connectivity index (χ1) is 11.8. The molecule has 0 N–H and O–H groups in total. The van der Waals surface area contributed by atoms with Crippen molar-refractivity contribution >= 4 is 17.1 Å². The molecule has 0 radical (unpaired) electrons. The smallest absolute Gasteiger partial charge is 0.338 e. The number of para-hydroxylation sites is 2. The summed E-state index contributed by atoms with van der Waals surface area (Å²) in [5.41, 5.74) is 2.43. The van der Waals surface area contributed by atoms with Crippen LogP contribution in [0.3, 0.4) is 0 Å². The Morgan fingerprint density at radius 3 is 2.92 bits per heavy atom. The highest BCUT2D eigenvalue weighted by Crippen LogP contribution is 2.16. The largest absolute Gasteiger partial charge is 0.452 e. The number of carbonyl (C=O) groups is 1. The van der Waals surface area contributed by atoms with Gasteiger partial charge in [0.05, 0.1) is 11.3 Å². The molecule has 0 aliphatic carbocycles. The van der Waals surface area contributed by atoms with E-state index >= 15 is 0 Å². The molecular formula is C16H11N5O3. The first-order valence-corrected chi connectivity index (χ1v) is 7.14. The number of rotatable bonds is 4. The van der Waals surface area contributed by atoms with E-state index in [9.17, 15) is 4.79 Å². The molecule has 2 heterocycles. The molecule has 0 saturated heterocycles. The SMILES string of the molecule is O=C(OCc1nc2ccccc2o1)c1cccc(-n2cnnn2)c1. The Kier molecular flexibility index (Phi) is 3.47. The molecule has 8 heteroatoms. The molecule has 0 bridgehead atoms. The van der Waals surface area contributed by atoms with Crippen LogP contribution in [0.1, 0.15) is 16.2 Å². The molecule has 0 atom stereocenters. The van der Waals surface area contributed by atoms with Crippen molar-refractivity contribution in [3.05, 3.63) is 66.3 Å². The number of ether oxygens (including phenoxy) is 1. The minimum Gasteiger partial charge on any atom is -0.452 e. The molecule has 0 spiro atoms. The zero-order valence-corrected chi connectivity index (χ0v) is 12.4. The lowest BCUT2D eigenvalue weighted by Crippen LogP contribution is -2.06. The van der Waals surface area contributed by atoms with Gasteiger partial charge in [0.1, 0.15) is 11.8 Å². The summed E-state index contributed by atoms with van der Waals surface area (Å²) in [5, 5.41) is 10.9. The van der Waals surface area contributed by atoms with E-state index in [1.807, 2.05) is 24.3 Å². The van der Waals surface area contributed by atoms with Crippen molar-refractivity contribution in [1.82, 2.24) is 25.2 Å². The Morgan fingerprint density at radius 2 is 2.08 bits per heavy atom. The summed E-state index contributed by atoms with van der Waals surface area (Å²) in [7, 11) is 0. The summed E-state index contributed by atoms with van der Waals surface area (Å²) in [6.45, 7) is -0.0391. The van der Waals surface area contributed by atoms with Crippen molar-refractivity contribution in [3.63, 3.8) is 0 Å². The third kappa shape index (κ3) is 2.72. The predicted molar refractivity (Wildman–Crippen MR) is 82.3 cm³/mol. The van der Waals surface area contributed by atoms with Gasteiger partial charge in [-0.3, -0.25) is 0 Å². The Morgan fingerprint density at radius 1 is 1.17 bits per heavy atom. The second kappa shape index (κ2) is 5.92. The number of nitrogens with zero attached hydrogens (tertiary/aromatic N) is 5. The van der Waals surface area contributed by atoms with Gasteiger partial charge in [-0.1, -0.05) is 18.2 Å². The number of fused-ring (bicyclic) bond motifs is 1. The van der Waals surface area contributed by atoms with E-state index in [0.717, 1.165) is 5.52 Å². The van der Waals surface area contributed by atoms with Gasteiger partial charge in [-0.05, 0) is 40.8 Å². The standard InChI is InChI=1S/C16H11N5O3/c22-16(11-4-3-5-12(8-11)21-10-17-19-20-21)23-9-15-18-13-6-1-2-7-14(13)24-15/h1-8,10H,9H2. The molecule has 0 unspecified atom stereocenters. The molecule has 0 amide bonds. The van der Waals surface area contributed by atoms with Crippen molar-refractivity contribution in [3.8, 4) is 5.69 Å². The highest BCUT2D eigenvalue weighted by Gasteiger charge is 2.12. The van der Waals surface area contributed by atoms with Gasteiger partial charge >= 0.3 is 5.97 Å². The number of benzene rings is 2. The van der Waals surface area contributed by atoms with Crippen LogP contribution in [0.25, 0.3) is 16.8 Å². The van der Waals surface area contributed by atoms with Gasteiger partial charge in [0.15, 0.2) is 12.2 Å². The van der Waals surface area contributed by atoms with Crippen LogP contribution in [-0.4, -0.2) is 31.2 Å². The molecule has 0 aliphatic heterocycles. The summed E-state index contributed by atoms with van der Waals surface area (Å²) in [6, 6.07) is 14.2. The molecule has 2 aromatic carbocycles. The van der Waals surface area contributed by atoms with Crippen LogP contribution >= 0.6 is 0 Å². The summed E-state index contributed by atoms with van der Waals surface area (Å²) < 4.78 is 12.2. The van der Waals surface area contributed by atoms with E-state index in [2.05, 4.69) is 20.5 Å². The lowest BCUT2D eigenvalue weighted by Gasteiger charge is -2.04. The van der Waals surface area contributed by atoms with Crippen LogP contribution in [-0.2, 0) is 11.3 Å². The second-order valence-electron chi connectivity index (χ2n) is 4.96. The lowest BCUT2D eigenvalue weighted by atomic mass is 10.2. The van der Waals surface area contributed by atoms with Gasteiger partial charge in [-0.2, -0.15) is 0 Å². The van der Waals surface area contributed by atoms with Crippen molar-refractivity contribution in [2.75, 3.05) is 0 Å². The van der Waals surface area contributed by atoms with Gasteiger partial charge in [-0.15, -0.1) is 5.10 Å². The van der Waals surface area contributed by atoms with E-state index in [4.69, 9.17) is 9.15 Å². The van der Waals surface area contributed by atoms with E-state index < -0.39 is 5.97 Å². The number of aromatic nitrogens is 5. The van der Waals surface area contributed by atoms with Crippen LogP contribution in [0.15, 0.2) is 59.3 Å². The quantitative estimate of drug-likeness (QED) is 0.531. The van der Waals surface area contributed by atoms with Gasteiger partial charge in [-0.25, -0.2) is 14.5 Å². The minimum atomic E-state index is -0.479. The monoisotopic (exact) mass is 321 g/mol. The second-order valence-corrected chi connectivity index (χ2v) is 4.96. The molecular weight excluding hydrogens is 310 g/mol. The summed E-state index contributed by atoms with van der Waals surface area (Å²) in [5.74, 6) is -0.131. The Hall–Kier alpha value is -3.55. The first-order valence-electron chi connectivity index (χ1n) is 7.14. The molecule has 0 aliphatic rings. The summed E-state index contributed by atoms with van der Waals surface area (Å²) in [6.07, 6.45) is 1.45. The van der Waals surface area contributed by atoms with Gasteiger partial charge in [0, 0.05) is 0 Å². The molecule has 0 saturated carbocycles. The summed E-state index contributed by atoms with van der Waals surface area (Å²) in [4.78, 5) is 16.5. The topological polar surface area (TPSA) is 95.9 Å². The number of oxazole rings is 1. The Balaban J connectivity index is 1.49. The number of hydrogen-bond donors (Lipinski definition) is 0. The zero-order valence-electron chi connectivity index (χ0n) is 12.4. The van der Waals surface area contributed by atoms with Crippen LogP contribution < -0.4 is 0 Å². The van der Waals surface area contributed by atoms with Crippen LogP contribution in [0, 0.1) is 0 Å². The van der Waals surface area contributed by atoms with Gasteiger partial charge in [0.2, 0.25) is 5.89 Å². The fraction of sp³-hybridized carbons (Fsp3) is 0.0625. The molecule has 4 aromatic rings. The first kappa shape index (κ1) is 14.1. The Labute approximate surface area is 135 Å². The fourth-order valence-electron chi connectivity index (χ4n) is 2.25. The maximum absolute atomic E-state index is 12.2. The third-order valence-corrected chi connectivity index (χ3v) is 3.36. The van der Waals surface area contributed by atoms with Crippen LogP contribution in [0.4, 0.5) is 0 Å². The van der Waals surface area contributed by atoms with Crippen LogP contribution in [0.5, 0.6) is 0 Å². The van der Waals surface area contributed by atoms with Crippen molar-refractivity contribution in [1.29, 1.82) is 0 Å². The molecule has 2 aromatic heterocycles. The summed E-state index contributed by atoms with van der Waals surface area (Å²) >= 11 is 0. The average Bonchev–Trinajstić information content (AvgIpc) is 3.29. The zero-order chi connectivity index (χ0) is 16.4. The fourth-order valence-corrected chi connectivity index (χ4v) is 2.25.